The molecule has 0 radical (unpaired) electrons. The van der Waals surface area contributed by atoms with Crippen LogP contribution in [0.25, 0.3) is 0 Å². The lowest BCUT2D eigenvalue weighted by molar-refractivity contribution is -0.135. The van der Waals surface area contributed by atoms with Crippen LogP contribution in [0.2, 0.25) is 0 Å². The summed E-state index contributed by atoms with van der Waals surface area (Å²) >= 11 is 0. The van der Waals surface area contributed by atoms with Crippen LogP contribution in [-0.2, 0) is 22.7 Å². The number of pyridine rings is 1. The summed E-state index contributed by atoms with van der Waals surface area (Å²) in [5.41, 5.74) is 3.25. The lowest BCUT2D eigenvalue weighted by atomic mass is 10.1. The smallest absolute Gasteiger partial charge is 0.222 e. The average molecular weight is 356 g/mol. The number of rotatable bonds is 7. The summed E-state index contributed by atoms with van der Waals surface area (Å²) in [5, 5.41) is 4.45. The van der Waals surface area contributed by atoms with E-state index in [4.69, 9.17) is 4.74 Å². The molecule has 2 aromatic rings. The van der Waals surface area contributed by atoms with Gasteiger partial charge in [0.1, 0.15) is 0 Å². The first-order chi connectivity index (χ1) is 12.6. The van der Waals surface area contributed by atoms with E-state index in [0.717, 1.165) is 49.3 Å². The van der Waals surface area contributed by atoms with Crippen molar-refractivity contribution in [3.63, 3.8) is 0 Å². The van der Waals surface area contributed by atoms with Crippen molar-refractivity contribution in [1.29, 1.82) is 0 Å². The Balaban J connectivity index is 1.41. The Morgan fingerprint density at radius 3 is 3.00 bits per heavy atom. The third-order valence-electron chi connectivity index (χ3n) is 4.80. The maximum Gasteiger partial charge on any atom is 0.222 e. The number of ether oxygens (including phenoxy) is 1. The van der Waals surface area contributed by atoms with Crippen molar-refractivity contribution in [2.45, 2.75) is 58.8 Å². The summed E-state index contributed by atoms with van der Waals surface area (Å²) in [6, 6.07) is 5.99. The molecule has 3 rings (SSSR count). The van der Waals surface area contributed by atoms with Crippen molar-refractivity contribution in [2.75, 3.05) is 13.1 Å². The predicted octanol–water partition coefficient (Wildman–Crippen LogP) is 2.88. The normalized spacial score (nSPS) is 17.5. The maximum atomic E-state index is 12.5. The van der Waals surface area contributed by atoms with Crippen LogP contribution in [0.5, 0.6) is 0 Å². The zero-order chi connectivity index (χ0) is 18.4. The van der Waals surface area contributed by atoms with E-state index in [0.29, 0.717) is 19.6 Å². The number of hydrogen-bond donors (Lipinski definition) is 0. The number of hydrogen-bond acceptors (Lipinski definition) is 4. The Labute approximate surface area is 155 Å². The van der Waals surface area contributed by atoms with E-state index in [1.54, 1.807) is 6.20 Å². The molecule has 3 heterocycles. The van der Waals surface area contributed by atoms with Crippen molar-refractivity contribution in [3.8, 4) is 0 Å². The SMILES string of the molecule is Cc1cc(C)n(CCCC(=O)N2CCC[C@@H](OCc3cccnc3)C2)n1. The highest BCUT2D eigenvalue weighted by Gasteiger charge is 2.23. The number of carbonyl (C=O) groups is 1. The van der Waals surface area contributed by atoms with Gasteiger partial charge in [0.25, 0.3) is 0 Å². The highest BCUT2D eigenvalue weighted by molar-refractivity contribution is 5.76. The summed E-state index contributed by atoms with van der Waals surface area (Å²) < 4.78 is 7.98. The highest BCUT2D eigenvalue weighted by Crippen LogP contribution is 2.16. The van der Waals surface area contributed by atoms with Crippen molar-refractivity contribution >= 4 is 5.91 Å². The number of amides is 1. The van der Waals surface area contributed by atoms with Gasteiger partial charge in [0.05, 0.1) is 18.4 Å². The Morgan fingerprint density at radius 1 is 1.38 bits per heavy atom. The third kappa shape index (κ3) is 5.14. The highest BCUT2D eigenvalue weighted by atomic mass is 16.5. The van der Waals surface area contributed by atoms with E-state index >= 15 is 0 Å². The molecule has 0 N–H and O–H groups in total. The van der Waals surface area contributed by atoms with E-state index in [9.17, 15) is 4.79 Å². The van der Waals surface area contributed by atoms with Crippen molar-refractivity contribution in [2.24, 2.45) is 0 Å². The molecule has 1 saturated heterocycles. The summed E-state index contributed by atoms with van der Waals surface area (Å²) in [4.78, 5) is 18.6. The fraction of sp³-hybridized carbons (Fsp3) is 0.550. The third-order valence-corrected chi connectivity index (χ3v) is 4.80. The van der Waals surface area contributed by atoms with Gasteiger partial charge < -0.3 is 9.64 Å². The van der Waals surface area contributed by atoms with Crippen LogP contribution in [0.15, 0.2) is 30.6 Å². The Morgan fingerprint density at radius 2 is 2.27 bits per heavy atom. The van der Waals surface area contributed by atoms with Gasteiger partial charge in [0, 0.05) is 44.1 Å². The topological polar surface area (TPSA) is 60.2 Å². The molecule has 6 heteroatoms. The second-order valence-electron chi connectivity index (χ2n) is 7.03. The molecule has 0 spiro atoms. The Kier molecular flexibility index (Phi) is 6.39. The van der Waals surface area contributed by atoms with Crippen LogP contribution in [0.3, 0.4) is 0 Å². The number of piperidine rings is 1. The molecule has 140 valence electrons. The van der Waals surface area contributed by atoms with Gasteiger partial charge >= 0.3 is 0 Å². The second kappa shape index (κ2) is 8.94. The average Bonchev–Trinajstić information content (AvgIpc) is 2.98. The van der Waals surface area contributed by atoms with E-state index in [-0.39, 0.29) is 12.0 Å². The van der Waals surface area contributed by atoms with Crippen LogP contribution in [0, 0.1) is 13.8 Å². The lowest BCUT2D eigenvalue weighted by Crippen LogP contribution is -2.43. The van der Waals surface area contributed by atoms with Gasteiger partial charge in [-0.05, 0) is 50.8 Å². The van der Waals surface area contributed by atoms with Crippen LogP contribution in [-0.4, -0.2) is 44.8 Å². The zero-order valence-electron chi connectivity index (χ0n) is 15.7. The van der Waals surface area contributed by atoms with Crippen molar-refractivity contribution in [1.82, 2.24) is 19.7 Å². The molecule has 0 bridgehead atoms. The van der Waals surface area contributed by atoms with E-state index in [1.165, 1.54) is 0 Å². The molecule has 0 aliphatic carbocycles. The molecule has 0 saturated carbocycles. The molecule has 26 heavy (non-hydrogen) atoms. The molecule has 1 amide bonds. The summed E-state index contributed by atoms with van der Waals surface area (Å²) in [7, 11) is 0. The number of aromatic nitrogens is 3. The van der Waals surface area contributed by atoms with Gasteiger partial charge in [-0.25, -0.2) is 0 Å². The first kappa shape index (κ1) is 18.6. The van der Waals surface area contributed by atoms with Crippen LogP contribution < -0.4 is 0 Å². The molecule has 1 atom stereocenters. The first-order valence-electron chi connectivity index (χ1n) is 9.41. The molecule has 6 nitrogen and oxygen atoms in total. The van der Waals surface area contributed by atoms with Gasteiger partial charge in [-0.3, -0.25) is 14.5 Å². The fourth-order valence-corrected chi connectivity index (χ4v) is 3.44. The number of nitrogens with zero attached hydrogens (tertiary/aromatic N) is 4. The van der Waals surface area contributed by atoms with Crippen molar-refractivity contribution in [3.05, 3.63) is 47.5 Å². The molecule has 1 fully saturated rings. The quantitative estimate of drug-likeness (QED) is 0.765. The largest absolute Gasteiger partial charge is 0.372 e. The first-order valence-corrected chi connectivity index (χ1v) is 9.41. The maximum absolute atomic E-state index is 12.5. The monoisotopic (exact) mass is 356 g/mol. The number of aryl methyl sites for hydroxylation is 3. The van der Waals surface area contributed by atoms with Gasteiger partial charge in [-0.1, -0.05) is 6.07 Å². The van der Waals surface area contributed by atoms with Gasteiger partial charge in [0.2, 0.25) is 5.91 Å². The molecule has 0 unspecified atom stereocenters. The standard InChI is InChI=1S/C20H28N4O2/c1-16-12-17(2)24(22-16)11-5-8-20(25)23-10-4-7-19(14-23)26-15-18-6-3-9-21-13-18/h3,6,9,12-13,19H,4-5,7-8,10-11,14-15H2,1-2H3/t19-/m1/s1. The number of carbonyl (C=O) groups excluding carboxylic acids is 1. The molecule has 1 aliphatic heterocycles. The van der Waals surface area contributed by atoms with E-state index in [2.05, 4.69) is 23.1 Å². The molecule has 1 aliphatic rings. The predicted molar refractivity (Wildman–Crippen MR) is 99.6 cm³/mol. The van der Waals surface area contributed by atoms with Gasteiger partial charge in [0.15, 0.2) is 0 Å². The minimum atomic E-state index is 0.115. The molecular weight excluding hydrogens is 328 g/mol. The number of likely N-dealkylation sites (tertiary alicyclic amines) is 1. The zero-order valence-corrected chi connectivity index (χ0v) is 15.7. The van der Waals surface area contributed by atoms with Gasteiger partial charge in [-0.15, -0.1) is 0 Å². The van der Waals surface area contributed by atoms with Crippen LogP contribution >= 0.6 is 0 Å². The van der Waals surface area contributed by atoms with E-state index < -0.39 is 0 Å². The van der Waals surface area contributed by atoms with Crippen LogP contribution in [0.4, 0.5) is 0 Å². The summed E-state index contributed by atoms with van der Waals surface area (Å²) in [6.45, 7) is 6.92. The lowest BCUT2D eigenvalue weighted by Gasteiger charge is -2.32. The van der Waals surface area contributed by atoms with Crippen LogP contribution in [0.1, 0.15) is 42.6 Å². The van der Waals surface area contributed by atoms with Gasteiger partial charge in [-0.2, -0.15) is 5.10 Å². The Hall–Kier alpha value is -2.21. The minimum absolute atomic E-state index is 0.115. The van der Waals surface area contributed by atoms with E-state index in [1.807, 2.05) is 34.8 Å². The second-order valence-corrected chi connectivity index (χ2v) is 7.03. The molecule has 0 aromatic carbocycles. The summed E-state index contributed by atoms with van der Waals surface area (Å²) in [6.07, 6.45) is 7.09. The molecule has 2 aromatic heterocycles. The Bertz CT molecular complexity index is 714. The minimum Gasteiger partial charge on any atom is -0.372 e. The fourth-order valence-electron chi connectivity index (χ4n) is 3.44. The molecular formula is C20H28N4O2. The summed E-state index contributed by atoms with van der Waals surface area (Å²) in [5.74, 6) is 0.223. The van der Waals surface area contributed by atoms with Crippen molar-refractivity contribution < 1.29 is 9.53 Å².